The van der Waals surface area contributed by atoms with Gasteiger partial charge < -0.3 is 15.2 Å². The predicted octanol–water partition coefficient (Wildman–Crippen LogP) is 0.184. The average molecular weight is 143 g/mol. The van der Waals surface area contributed by atoms with Crippen molar-refractivity contribution >= 4 is 6.09 Å². The maximum absolute atomic E-state index is 10.1. The van der Waals surface area contributed by atoms with Crippen molar-refractivity contribution in [1.29, 1.82) is 0 Å². The molecule has 1 aliphatic heterocycles. The summed E-state index contributed by atoms with van der Waals surface area (Å²) in [6.45, 7) is 0. The Bertz CT molecular complexity index is 160. The first-order chi connectivity index (χ1) is 4.75. The van der Waals surface area contributed by atoms with Gasteiger partial charge in [0.15, 0.2) is 0 Å². The molecule has 1 saturated carbocycles. The second kappa shape index (κ2) is 1.85. The fraction of sp³-hybridized carbons (Fsp3) is 0.833. The molecule has 4 heteroatoms. The molecule has 1 aliphatic carbocycles. The van der Waals surface area contributed by atoms with Gasteiger partial charge in [-0.2, -0.15) is 0 Å². The van der Waals surface area contributed by atoms with Crippen molar-refractivity contribution in [3.8, 4) is 0 Å². The molecule has 0 radical (unpaired) electrons. The lowest BCUT2D eigenvalue weighted by Gasteiger charge is -2.09. The van der Waals surface area contributed by atoms with Gasteiger partial charge in [-0.15, -0.1) is 0 Å². The minimum atomic E-state index is -0.925. The van der Waals surface area contributed by atoms with E-state index in [4.69, 9.17) is 9.84 Å². The van der Waals surface area contributed by atoms with E-state index < -0.39 is 6.09 Å². The lowest BCUT2D eigenvalue weighted by atomic mass is 10.2. The zero-order valence-electron chi connectivity index (χ0n) is 5.41. The zero-order chi connectivity index (χ0) is 7.14. The van der Waals surface area contributed by atoms with Gasteiger partial charge in [-0.3, -0.25) is 0 Å². The third kappa shape index (κ3) is 0.945. The molecular formula is C6H9NO3. The Labute approximate surface area is 58.2 Å². The summed E-state index contributed by atoms with van der Waals surface area (Å²) < 4.78 is 5.13. The first-order valence-corrected chi connectivity index (χ1v) is 3.40. The molecule has 0 aromatic carbocycles. The van der Waals surface area contributed by atoms with Crippen molar-refractivity contribution in [3.05, 3.63) is 0 Å². The van der Waals surface area contributed by atoms with E-state index in [1.165, 1.54) is 0 Å². The Morgan fingerprint density at radius 2 is 2.10 bits per heavy atom. The quantitative estimate of drug-likeness (QED) is 0.515. The first-order valence-electron chi connectivity index (χ1n) is 3.40. The van der Waals surface area contributed by atoms with Crippen molar-refractivity contribution in [2.45, 2.75) is 31.1 Å². The van der Waals surface area contributed by atoms with Crippen LogP contribution in [0.25, 0.3) is 0 Å². The monoisotopic (exact) mass is 143 g/mol. The summed E-state index contributed by atoms with van der Waals surface area (Å²) in [5, 5.41) is 10.8. The van der Waals surface area contributed by atoms with Gasteiger partial charge in [0.2, 0.25) is 0 Å². The van der Waals surface area contributed by atoms with E-state index >= 15 is 0 Å². The number of fused-ring (bicyclic) bond motifs is 1. The van der Waals surface area contributed by atoms with E-state index in [0.29, 0.717) is 12.2 Å². The van der Waals surface area contributed by atoms with Crippen LogP contribution in [0.2, 0.25) is 0 Å². The fourth-order valence-electron chi connectivity index (χ4n) is 1.54. The van der Waals surface area contributed by atoms with Gasteiger partial charge in [0, 0.05) is 6.04 Å². The van der Waals surface area contributed by atoms with Gasteiger partial charge in [0.05, 0.1) is 12.2 Å². The molecule has 0 spiro atoms. The number of rotatable bonds is 1. The van der Waals surface area contributed by atoms with Gasteiger partial charge in [-0.1, -0.05) is 0 Å². The van der Waals surface area contributed by atoms with E-state index in [-0.39, 0.29) is 6.04 Å². The maximum Gasteiger partial charge on any atom is 0.404 e. The van der Waals surface area contributed by atoms with Gasteiger partial charge in [0.1, 0.15) is 0 Å². The Morgan fingerprint density at radius 1 is 1.50 bits per heavy atom. The van der Waals surface area contributed by atoms with Crippen LogP contribution in [0.1, 0.15) is 12.8 Å². The van der Waals surface area contributed by atoms with Gasteiger partial charge in [-0.25, -0.2) is 4.79 Å². The largest absolute Gasteiger partial charge is 0.465 e. The highest BCUT2D eigenvalue weighted by atomic mass is 16.6. The molecule has 1 saturated heterocycles. The van der Waals surface area contributed by atoms with Crippen molar-refractivity contribution in [2.75, 3.05) is 0 Å². The molecule has 1 heterocycles. The smallest absolute Gasteiger partial charge is 0.404 e. The van der Waals surface area contributed by atoms with Crippen molar-refractivity contribution < 1.29 is 14.6 Å². The molecule has 2 aliphatic rings. The second-order valence-electron chi connectivity index (χ2n) is 2.83. The van der Waals surface area contributed by atoms with E-state index in [1.807, 2.05) is 0 Å². The lowest BCUT2D eigenvalue weighted by Crippen LogP contribution is -2.32. The number of hydrogen-bond acceptors (Lipinski definition) is 2. The number of ether oxygens (including phenoxy) is 1. The SMILES string of the molecule is O=C(O)NC1C[C@@H]2O[C@@H]2C1. The van der Waals surface area contributed by atoms with Crippen molar-refractivity contribution in [3.63, 3.8) is 0 Å². The highest BCUT2D eigenvalue weighted by Gasteiger charge is 2.48. The van der Waals surface area contributed by atoms with E-state index in [2.05, 4.69) is 5.32 Å². The van der Waals surface area contributed by atoms with E-state index in [0.717, 1.165) is 12.8 Å². The van der Waals surface area contributed by atoms with Crippen LogP contribution in [-0.2, 0) is 4.74 Å². The Balaban J connectivity index is 1.80. The molecule has 1 amide bonds. The minimum absolute atomic E-state index is 0.140. The molecule has 3 atom stereocenters. The summed E-state index contributed by atoms with van der Waals surface area (Å²) >= 11 is 0. The molecule has 1 unspecified atom stereocenters. The van der Waals surface area contributed by atoms with Crippen LogP contribution >= 0.6 is 0 Å². The number of nitrogens with one attached hydrogen (secondary N) is 1. The number of hydrogen-bond donors (Lipinski definition) is 2. The van der Waals surface area contributed by atoms with E-state index in [9.17, 15) is 4.79 Å². The van der Waals surface area contributed by atoms with Gasteiger partial charge in [-0.05, 0) is 12.8 Å². The Kier molecular flexibility index (Phi) is 1.11. The number of carboxylic acid groups (broad SMARTS) is 1. The molecule has 2 N–H and O–H groups in total. The minimum Gasteiger partial charge on any atom is -0.465 e. The zero-order valence-corrected chi connectivity index (χ0v) is 5.41. The van der Waals surface area contributed by atoms with Crippen LogP contribution < -0.4 is 5.32 Å². The van der Waals surface area contributed by atoms with E-state index in [1.54, 1.807) is 0 Å². The third-order valence-corrected chi connectivity index (χ3v) is 2.05. The van der Waals surface area contributed by atoms with Crippen molar-refractivity contribution in [1.82, 2.24) is 5.32 Å². The third-order valence-electron chi connectivity index (χ3n) is 2.05. The van der Waals surface area contributed by atoms with Crippen LogP contribution in [0.5, 0.6) is 0 Å². The second-order valence-corrected chi connectivity index (χ2v) is 2.83. The summed E-state index contributed by atoms with van der Waals surface area (Å²) in [6, 6.07) is 0.140. The van der Waals surface area contributed by atoms with Gasteiger partial charge in [0.25, 0.3) is 0 Å². The molecular weight excluding hydrogens is 134 g/mol. The Morgan fingerprint density at radius 3 is 2.60 bits per heavy atom. The van der Waals surface area contributed by atoms with Crippen LogP contribution in [0.3, 0.4) is 0 Å². The highest BCUT2D eigenvalue weighted by Crippen LogP contribution is 2.38. The lowest BCUT2D eigenvalue weighted by molar-refractivity contribution is 0.185. The summed E-state index contributed by atoms with van der Waals surface area (Å²) in [5.74, 6) is 0. The topological polar surface area (TPSA) is 61.9 Å². The maximum atomic E-state index is 10.1. The molecule has 2 fully saturated rings. The summed E-state index contributed by atoms with van der Waals surface area (Å²) in [7, 11) is 0. The van der Waals surface area contributed by atoms with Crippen LogP contribution in [0.4, 0.5) is 4.79 Å². The molecule has 10 heavy (non-hydrogen) atoms. The molecule has 56 valence electrons. The first kappa shape index (κ1) is 5.97. The van der Waals surface area contributed by atoms with Crippen LogP contribution in [0.15, 0.2) is 0 Å². The number of carbonyl (C=O) groups is 1. The summed E-state index contributed by atoms with van der Waals surface area (Å²) in [5.41, 5.74) is 0. The normalized spacial score (nSPS) is 42.6. The van der Waals surface area contributed by atoms with Crippen LogP contribution in [0, 0.1) is 0 Å². The fourth-order valence-corrected chi connectivity index (χ4v) is 1.54. The molecule has 4 nitrogen and oxygen atoms in total. The Hall–Kier alpha value is -0.770. The summed E-state index contributed by atoms with van der Waals surface area (Å²) in [4.78, 5) is 10.1. The molecule has 0 bridgehead atoms. The van der Waals surface area contributed by atoms with Crippen molar-refractivity contribution in [2.24, 2.45) is 0 Å². The van der Waals surface area contributed by atoms with Crippen LogP contribution in [-0.4, -0.2) is 29.4 Å². The van der Waals surface area contributed by atoms with Gasteiger partial charge >= 0.3 is 6.09 Å². The standard InChI is InChI=1S/C6H9NO3/c8-6(9)7-3-1-4-5(2-3)10-4/h3-5,7H,1-2H2,(H,8,9)/t3?,4-,5+. The molecule has 0 aromatic heterocycles. The highest BCUT2D eigenvalue weighted by molar-refractivity contribution is 5.64. The summed E-state index contributed by atoms with van der Waals surface area (Å²) in [6.07, 6.45) is 1.51. The number of amides is 1. The molecule has 0 aromatic rings. The average Bonchev–Trinajstić information content (AvgIpc) is 2.39. The predicted molar refractivity (Wildman–Crippen MR) is 32.8 cm³/mol. The number of epoxide rings is 1. The molecule has 2 rings (SSSR count).